The molecule has 1 unspecified atom stereocenters. The molecule has 11 heteroatoms. The van der Waals surface area contributed by atoms with Gasteiger partial charge in [0.15, 0.2) is 5.82 Å². The second-order valence-corrected chi connectivity index (χ2v) is 8.79. The zero-order chi connectivity index (χ0) is 24.3. The summed E-state index contributed by atoms with van der Waals surface area (Å²) in [4.78, 5) is 27.4. The molecule has 0 bridgehead atoms. The van der Waals surface area contributed by atoms with Gasteiger partial charge < -0.3 is 15.0 Å². The van der Waals surface area contributed by atoms with Crippen molar-refractivity contribution in [1.29, 1.82) is 0 Å². The molecule has 190 valence electrons. The monoisotopic (exact) mass is 512 g/mol. The molecule has 4 rings (SSSR count). The predicted octanol–water partition coefficient (Wildman–Crippen LogP) is 4.94. The summed E-state index contributed by atoms with van der Waals surface area (Å²) >= 11 is 0. The average Bonchev–Trinajstić information content (AvgIpc) is 3.36. The molecule has 2 amide bonds. The molecule has 1 aliphatic heterocycles. The lowest BCUT2D eigenvalue weighted by Gasteiger charge is -2.31. The Kier molecular flexibility index (Phi) is 8.47. The summed E-state index contributed by atoms with van der Waals surface area (Å²) in [7, 11) is 1.73. The van der Waals surface area contributed by atoms with Crippen molar-refractivity contribution in [3.8, 4) is 5.75 Å². The van der Waals surface area contributed by atoms with Gasteiger partial charge in [-0.05, 0) is 24.5 Å². The van der Waals surface area contributed by atoms with Crippen molar-refractivity contribution in [2.75, 3.05) is 11.9 Å². The van der Waals surface area contributed by atoms with E-state index in [2.05, 4.69) is 10.4 Å². The van der Waals surface area contributed by atoms with E-state index < -0.39 is 23.7 Å². The molecule has 2 aliphatic rings. The third-order valence-corrected chi connectivity index (χ3v) is 6.25. The number of hydrogen-bond acceptors (Lipinski definition) is 4. The van der Waals surface area contributed by atoms with Crippen molar-refractivity contribution in [3.05, 3.63) is 53.9 Å². The third-order valence-electron chi connectivity index (χ3n) is 6.25. The SMILES string of the molecule is Cl.Cn1ccc(NC(=O)C(CC2CCCCC2)N2CC(Oc3ccccc3C(F)(F)F)=CC2=O)n1. The van der Waals surface area contributed by atoms with Gasteiger partial charge in [0.2, 0.25) is 5.91 Å². The molecule has 35 heavy (non-hydrogen) atoms. The van der Waals surface area contributed by atoms with Crippen LogP contribution < -0.4 is 10.1 Å². The van der Waals surface area contributed by atoms with Crippen LogP contribution in [-0.2, 0) is 22.8 Å². The molecule has 1 aromatic heterocycles. The minimum absolute atomic E-state index is 0. The molecule has 1 saturated carbocycles. The summed E-state index contributed by atoms with van der Waals surface area (Å²) in [5.74, 6) is -0.480. The number of alkyl halides is 3. The minimum Gasteiger partial charge on any atom is -0.459 e. The van der Waals surface area contributed by atoms with E-state index in [1.54, 1.807) is 24.0 Å². The number of anilines is 1. The Bertz CT molecular complexity index is 1080. The first-order valence-corrected chi connectivity index (χ1v) is 11.4. The van der Waals surface area contributed by atoms with Gasteiger partial charge >= 0.3 is 6.18 Å². The number of rotatable bonds is 7. The molecule has 1 aliphatic carbocycles. The smallest absolute Gasteiger partial charge is 0.419 e. The predicted molar refractivity (Wildman–Crippen MR) is 126 cm³/mol. The van der Waals surface area contributed by atoms with Crippen LogP contribution in [0.5, 0.6) is 5.75 Å². The lowest BCUT2D eigenvalue weighted by molar-refractivity contribution is -0.138. The van der Waals surface area contributed by atoms with Gasteiger partial charge in [-0.15, -0.1) is 12.4 Å². The lowest BCUT2D eigenvalue weighted by atomic mass is 9.84. The average molecular weight is 513 g/mol. The zero-order valence-electron chi connectivity index (χ0n) is 19.3. The van der Waals surface area contributed by atoms with Crippen LogP contribution in [0.25, 0.3) is 0 Å². The maximum atomic E-state index is 13.3. The summed E-state index contributed by atoms with van der Waals surface area (Å²) in [6, 6.07) is 5.72. The molecule has 7 nitrogen and oxygen atoms in total. The highest BCUT2D eigenvalue weighted by atomic mass is 35.5. The first-order valence-electron chi connectivity index (χ1n) is 11.4. The van der Waals surface area contributed by atoms with Gasteiger partial charge in [0.1, 0.15) is 17.6 Å². The van der Waals surface area contributed by atoms with Gasteiger partial charge in [0.05, 0.1) is 12.1 Å². The van der Waals surface area contributed by atoms with E-state index in [0.29, 0.717) is 12.2 Å². The number of aromatic nitrogens is 2. The van der Waals surface area contributed by atoms with E-state index in [1.807, 2.05) is 0 Å². The Hall–Kier alpha value is -3.01. The molecule has 2 heterocycles. The van der Waals surface area contributed by atoms with Crippen molar-refractivity contribution in [1.82, 2.24) is 14.7 Å². The van der Waals surface area contributed by atoms with Crippen molar-refractivity contribution < 1.29 is 27.5 Å². The topological polar surface area (TPSA) is 76.5 Å². The minimum atomic E-state index is -4.59. The summed E-state index contributed by atoms with van der Waals surface area (Å²) in [5, 5.41) is 6.93. The van der Waals surface area contributed by atoms with Crippen LogP contribution in [0, 0.1) is 5.92 Å². The van der Waals surface area contributed by atoms with Gasteiger partial charge in [-0.3, -0.25) is 14.3 Å². The number of carbonyl (C=O) groups excluding carboxylic acids is 2. The fourth-order valence-electron chi connectivity index (χ4n) is 4.57. The fraction of sp³-hybridized carbons (Fsp3) is 0.458. The van der Waals surface area contributed by atoms with Crippen molar-refractivity contribution >= 4 is 30.0 Å². The molecular formula is C24H28ClF3N4O3. The maximum Gasteiger partial charge on any atom is 0.419 e. The number of benzene rings is 1. The number of carbonyl (C=O) groups is 2. The largest absolute Gasteiger partial charge is 0.459 e. The first kappa shape index (κ1) is 26.6. The third kappa shape index (κ3) is 6.56. The number of nitrogens with one attached hydrogen (secondary N) is 1. The molecule has 0 spiro atoms. The molecule has 1 atom stereocenters. The molecule has 0 radical (unpaired) electrons. The van der Waals surface area contributed by atoms with Gasteiger partial charge in [-0.1, -0.05) is 44.2 Å². The normalized spacial score (nSPS) is 17.5. The highest BCUT2D eigenvalue weighted by molar-refractivity contribution is 5.99. The summed E-state index contributed by atoms with van der Waals surface area (Å²) in [6.07, 6.45) is 4.00. The van der Waals surface area contributed by atoms with Gasteiger partial charge in [-0.2, -0.15) is 18.3 Å². The van der Waals surface area contributed by atoms with E-state index in [-0.39, 0.29) is 42.3 Å². The number of aryl methyl sites for hydroxylation is 1. The van der Waals surface area contributed by atoms with Crippen molar-refractivity contribution in [2.45, 2.75) is 50.7 Å². The van der Waals surface area contributed by atoms with Crippen LogP contribution in [0.15, 0.2) is 48.4 Å². The van der Waals surface area contributed by atoms with Gasteiger partial charge in [0.25, 0.3) is 5.91 Å². The molecule has 0 saturated heterocycles. The number of nitrogens with zero attached hydrogens (tertiary/aromatic N) is 3. The van der Waals surface area contributed by atoms with Crippen LogP contribution in [0.1, 0.15) is 44.1 Å². The summed E-state index contributed by atoms with van der Waals surface area (Å²) in [6.45, 7) is -0.0853. The van der Waals surface area contributed by atoms with Crippen LogP contribution in [0.4, 0.5) is 19.0 Å². The molecular weight excluding hydrogens is 485 g/mol. The summed E-state index contributed by atoms with van der Waals surface area (Å²) < 4.78 is 47.1. The Morgan fingerprint density at radius 2 is 1.91 bits per heavy atom. The van der Waals surface area contributed by atoms with Gasteiger partial charge in [0, 0.05) is 25.4 Å². The molecule has 2 aromatic rings. The molecule has 1 N–H and O–H groups in total. The van der Waals surface area contributed by atoms with Crippen LogP contribution in [0.2, 0.25) is 0 Å². The van der Waals surface area contributed by atoms with Gasteiger partial charge in [-0.25, -0.2) is 0 Å². The van der Waals surface area contributed by atoms with Crippen LogP contribution >= 0.6 is 12.4 Å². The fourth-order valence-corrected chi connectivity index (χ4v) is 4.57. The quantitative estimate of drug-likeness (QED) is 0.570. The molecule has 1 aromatic carbocycles. The van der Waals surface area contributed by atoms with Crippen molar-refractivity contribution in [3.63, 3.8) is 0 Å². The standard InChI is InChI=1S/C24H27F3N4O3.ClH/c1-30-12-11-21(29-30)28-23(33)19(13-16-7-3-2-4-8-16)31-15-17(14-22(31)32)34-20-10-6-5-9-18(20)24(25,26)27;/h5-6,9-12,14,16,19H,2-4,7-8,13,15H2,1H3,(H,28,29,33);1H. The van der Waals surface area contributed by atoms with E-state index in [4.69, 9.17) is 4.74 Å². The van der Waals surface area contributed by atoms with E-state index in [1.165, 1.54) is 23.1 Å². The molecule has 1 fully saturated rings. The Labute approximate surface area is 207 Å². The number of para-hydroxylation sites is 1. The Balaban J connectivity index is 0.00000342. The van der Waals surface area contributed by atoms with Crippen LogP contribution in [-0.4, -0.2) is 39.1 Å². The van der Waals surface area contributed by atoms with Crippen molar-refractivity contribution in [2.24, 2.45) is 13.0 Å². The second-order valence-electron chi connectivity index (χ2n) is 8.79. The van der Waals surface area contributed by atoms with E-state index in [0.717, 1.165) is 44.2 Å². The number of halogens is 4. The number of amides is 2. The number of hydrogen-bond donors (Lipinski definition) is 1. The van der Waals surface area contributed by atoms with Crippen LogP contribution in [0.3, 0.4) is 0 Å². The maximum absolute atomic E-state index is 13.3. The van der Waals surface area contributed by atoms with E-state index in [9.17, 15) is 22.8 Å². The Morgan fingerprint density at radius 1 is 1.20 bits per heavy atom. The lowest BCUT2D eigenvalue weighted by Crippen LogP contribution is -2.46. The first-order chi connectivity index (χ1) is 16.2. The zero-order valence-corrected chi connectivity index (χ0v) is 20.1. The highest BCUT2D eigenvalue weighted by Crippen LogP contribution is 2.37. The van der Waals surface area contributed by atoms with E-state index >= 15 is 0 Å². The summed E-state index contributed by atoms with van der Waals surface area (Å²) in [5.41, 5.74) is -0.923. The Morgan fingerprint density at radius 3 is 2.57 bits per heavy atom. The second kappa shape index (κ2) is 11.2. The highest BCUT2D eigenvalue weighted by Gasteiger charge is 2.38. The number of ether oxygens (including phenoxy) is 1.